The van der Waals surface area contributed by atoms with Gasteiger partial charge < -0.3 is 14.8 Å². The summed E-state index contributed by atoms with van der Waals surface area (Å²) >= 11 is 6.09. The molecule has 30 heavy (non-hydrogen) atoms. The van der Waals surface area contributed by atoms with Gasteiger partial charge in [0.05, 0.1) is 17.8 Å². The summed E-state index contributed by atoms with van der Waals surface area (Å²) in [5.74, 6) is -1.52. The molecule has 0 aliphatic rings. The number of carbonyl (C=O) groups is 3. The van der Waals surface area contributed by atoms with E-state index < -0.39 is 30.5 Å². The number of nitrogens with zero attached hydrogens (tertiary/aromatic N) is 3. The summed E-state index contributed by atoms with van der Waals surface area (Å²) < 4.78 is 11.3. The summed E-state index contributed by atoms with van der Waals surface area (Å²) in [6, 6.07) is 4.18. The third-order valence-electron chi connectivity index (χ3n) is 4.11. The molecule has 1 amide bonds. The molecule has 0 radical (unpaired) electrons. The molecule has 0 saturated heterocycles. The summed E-state index contributed by atoms with van der Waals surface area (Å²) in [6.07, 6.45) is 0.393. The SMILES string of the molecule is COC(=O)C(CC(C)C)NC(=O)COC(=O)c1nc(-n2nc(C)cc2C)ccc1Cl. The smallest absolute Gasteiger partial charge is 0.359 e. The molecular formula is C20H25ClN4O5. The Morgan fingerprint density at radius 3 is 2.50 bits per heavy atom. The zero-order valence-electron chi connectivity index (χ0n) is 17.6. The van der Waals surface area contributed by atoms with Crippen LogP contribution < -0.4 is 5.32 Å². The number of halogens is 1. The summed E-state index contributed by atoms with van der Waals surface area (Å²) in [6.45, 7) is 6.92. The van der Waals surface area contributed by atoms with Crippen molar-refractivity contribution in [2.24, 2.45) is 5.92 Å². The van der Waals surface area contributed by atoms with Gasteiger partial charge in [0.25, 0.3) is 5.91 Å². The fraction of sp³-hybridized carbons (Fsp3) is 0.450. The van der Waals surface area contributed by atoms with Crippen molar-refractivity contribution in [3.8, 4) is 5.82 Å². The molecule has 0 aliphatic carbocycles. The summed E-state index contributed by atoms with van der Waals surface area (Å²) in [5, 5.41) is 6.91. The van der Waals surface area contributed by atoms with Crippen LogP contribution in [0.4, 0.5) is 0 Å². The Morgan fingerprint density at radius 1 is 1.23 bits per heavy atom. The number of pyridine rings is 1. The Morgan fingerprint density at radius 2 is 1.93 bits per heavy atom. The highest BCUT2D eigenvalue weighted by Gasteiger charge is 2.24. The third-order valence-corrected chi connectivity index (χ3v) is 4.42. The van der Waals surface area contributed by atoms with Crippen LogP contribution in [0.3, 0.4) is 0 Å². The van der Waals surface area contributed by atoms with Gasteiger partial charge in [-0.2, -0.15) is 5.10 Å². The molecule has 2 rings (SSSR count). The Bertz CT molecular complexity index is 941. The van der Waals surface area contributed by atoms with Crippen LogP contribution in [-0.4, -0.2) is 52.4 Å². The maximum Gasteiger partial charge on any atom is 0.359 e. The number of rotatable bonds is 8. The molecule has 9 nitrogen and oxygen atoms in total. The molecule has 0 bridgehead atoms. The predicted molar refractivity (Wildman–Crippen MR) is 110 cm³/mol. The van der Waals surface area contributed by atoms with Gasteiger partial charge in [0.1, 0.15) is 6.04 Å². The predicted octanol–water partition coefficient (Wildman–Crippen LogP) is 2.40. The number of esters is 2. The fourth-order valence-corrected chi connectivity index (χ4v) is 3.00. The summed E-state index contributed by atoms with van der Waals surface area (Å²) in [4.78, 5) is 40.6. The van der Waals surface area contributed by atoms with Crippen LogP contribution in [0.5, 0.6) is 0 Å². The lowest BCUT2D eigenvalue weighted by atomic mass is 10.0. The van der Waals surface area contributed by atoms with Crippen LogP contribution in [0.15, 0.2) is 18.2 Å². The molecule has 0 fully saturated rings. The number of aryl methyl sites for hydroxylation is 2. The van der Waals surface area contributed by atoms with Gasteiger partial charge in [0, 0.05) is 5.69 Å². The van der Waals surface area contributed by atoms with E-state index in [4.69, 9.17) is 21.1 Å². The minimum atomic E-state index is -0.864. The van der Waals surface area contributed by atoms with E-state index in [1.54, 1.807) is 10.7 Å². The quantitative estimate of drug-likeness (QED) is 0.632. The average molecular weight is 437 g/mol. The van der Waals surface area contributed by atoms with E-state index in [0.29, 0.717) is 12.2 Å². The van der Waals surface area contributed by atoms with Crippen LogP contribution >= 0.6 is 11.6 Å². The van der Waals surface area contributed by atoms with Crippen LogP contribution in [0.1, 0.15) is 42.1 Å². The van der Waals surface area contributed by atoms with Gasteiger partial charge in [-0.15, -0.1) is 0 Å². The lowest BCUT2D eigenvalue weighted by Gasteiger charge is -2.18. The highest BCUT2D eigenvalue weighted by molar-refractivity contribution is 6.33. The Balaban J connectivity index is 2.07. The van der Waals surface area contributed by atoms with Gasteiger partial charge in [-0.3, -0.25) is 4.79 Å². The molecule has 2 heterocycles. The van der Waals surface area contributed by atoms with Crippen molar-refractivity contribution in [3.05, 3.63) is 40.3 Å². The van der Waals surface area contributed by atoms with E-state index in [9.17, 15) is 14.4 Å². The van der Waals surface area contributed by atoms with Crippen LogP contribution in [0.2, 0.25) is 5.02 Å². The van der Waals surface area contributed by atoms with E-state index in [0.717, 1.165) is 11.4 Å². The fourth-order valence-electron chi connectivity index (χ4n) is 2.82. The first-order valence-electron chi connectivity index (χ1n) is 9.36. The van der Waals surface area contributed by atoms with Gasteiger partial charge in [0.2, 0.25) is 0 Å². The Hall–Kier alpha value is -2.94. The van der Waals surface area contributed by atoms with Crippen LogP contribution in [0.25, 0.3) is 5.82 Å². The second-order valence-electron chi connectivity index (χ2n) is 7.19. The molecule has 1 N–H and O–H groups in total. The van der Waals surface area contributed by atoms with E-state index in [2.05, 4.69) is 15.4 Å². The summed E-state index contributed by atoms with van der Waals surface area (Å²) in [5.41, 5.74) is 1.49. The molecule has 1 unspecified atom stereocenters. The maximum atomic E-state index is 12.4. The first-order chi connectivity index (χ1) is 14.1. The Labute approximate surface area is 179 Å². The minimum Gasteiger partial charge on any atom is -0.467 e. The maximum absolute atomic E-state index is 12.4. The second kappa shape index (κ2) is 10.2. The number of carbonyl (C=O) groups excluding carboxylic acids is 3. The zero-order chi connectivity index (χ0) is 22.4. The molecule has 0 saturated carbocycles. The number of nitrogens with one attached hydrogen (secondary N) is 1. The van der Waals surface area contributed by atoms with Gasteiger partial charge in [-0.25, -0.2) is 19.3 Å². The van der Waals surface area contributed by atoms with Crippen molar-refractivity contribution in [3.63, 3.8) is 0 Å². The third kappa shape index (κ3) is 6.03. The van der Waals surface area contributed by atoms with Crippen molar-refractivity contribution in [2.75, 3.05) is 13.7 Å². The van der Waals surface area contributed by atoms with Gasteiger partial charge in [-0.05, 0) is 44.4 Å². The lowest BCUT2D eigenvalue weighted by Crippen LogP contribution is -2.44. The molecule has 2 aromatic rings. The van der Waals surface area contributed by atoms with Crippen molar-refractivity contribution in [1.82, 2.24) is 20.1 Å². The Kier molecular flexibility index (Phi) is 7.93. The van der Waals surface area contributed by atoms with E-state index in [1.165, 1.54) is 13.2 Å². The monoisotopic (exact) mass is 436 g/mol. The minimum absolute atomic E-state index is 0.0814. The van der Waals surface area contributed by atoms with E-state index in [1.807, 2.05) is 33.8 Å². The molecule has 0 aliphatic heterocycles. The first kappa shape index (κ1) is 23.3. The van der Waals surface area contributed by atoms with Gasteiger partial charge in [0.15, 0.2) is 18.1 Å². The number of ether oxygens (including phenoxy) is 2. The standard InChI is InChI=1S/C20H25ClN4O5/c1-11(2)8-15(19(27)29-5)22-17(26)10-30-20(28)18-14(21)6-7-16(23-18)25-13(4)9-12(3)24-25/h6-7,9,11,15H,8,10H2,1-5H3,(H,22,26). The number of aromatic nitrogens is 3. The van der Waals surface area contributed by atoms with E-state index in [-0.39, 0.29) is 16.6 Å². The molecule has 2 aromatic heterocycles. The number of hydrogen-bond acceptors (Lipinski definition) is 7. The molecule has 0 aromatic carbocycles. The van der Waals surface area contributed by atoms with Crippen LogP contribution in [0, 0.1) is 19.8 Å². The number of hydrogen-bond donors (Lipinski definition) is 1. The topological polar surface area (TPSA) is 112 Å². The molecule has 162 valence electrons. The normalized spacial score (nSPS) is 11.8. The highest BCUT2D eigenvalue weighted by Crippen LogP contribution is 2.18. The van der Waals surface area contributed by atoms with Crippen LogP contribution in [-0.2, 0) is 19.1 Å². The second-order valence-corrected chi connectivity index (χ2v) is 7.59. The number of amides is 1. The summed E-state index contributed by atoms with van der Waals surface area (Å²) in [7, 11) is 1.24. The molecule has 1 atom stereocenters. The van der Waals surface area contributed by atoms with Crippen molar-refractivity contribution >= 4 is 29.4 Å². The lowest BCUT2D eigenvalue weighted by molar-refractivity contribution is -0.145. The molecular weight excluding hydrogens is 412 g/mol. The molecule has 10 heteroatoms. The highest BCUT2D eigenvalue weighted by atomic mass is 35.5. The first-order valence-corrected chi connectivity index (χ1v) is 9.74. The van der Waals surface area contributed by atoms with Crippen molar-refractivity contribution < 1.29 is 23.9 Å². The van der Waals surface area contributed by atoms with Crippen molar-refractivity contribution in [1.29, 1.82) is 0 Å². The largest absolute Gasteiger partial charge is 0.467 e. The number of methoxy groups -OCH3 is 1. The zero-order valence-corrected chi connectivity index (χ0v) is 18.3. The van der Waals surface area contributed by atoms with E-state index >= 15 is 0 Å². The molecule has 0 spiro atoms. The van der Waals surface area contributed by atoms with Gasteiger partial charge >= 0.3 is 11.9 Å². The van der Waals surface area contributed by atoms with Gasteiger partial charge in [-0.1, -0.05) is 25.4 Å². The average Bonchev–Trinajstić information content (AvgIpc) is 3.03. The van der Waals surface area contributed by atoms with Crippen molar-refractivity contribution in [2.45, 2.75) is 40.2 Å².